The van der Waals surface area contributed by atoms with Crippen molar-refractivity contribution in [2.75, 3.05) is 19.8 Å². The van der Waals surface area contributed by atoms with E-state index >= 15 is 0 Å². The van der Waals surface area contributed by atoms with Gasteiger partial charge < -0.3 is 0 Å². The predicted octanol–water partition coefficient (Wildman–Crippen LogP) is -0.149. The number of nitrogens with zero attached hydrogens (tertiary/aromatic N) is 3. The Morgan fingerprint density at radius 3 is 2.47 bits per heavy atom. The molecule has 0 aromatic carbocycles. The quantitative estimate of drug-likeness (QED) is 0.737. The van der Waals surface area contributed by atoms with Crippen LogP contribution >= 0.6 is 0 Å². The van der Waals surface area contributed by atoms with E-state index < -0.39 is 15.8 Å². The number of hydrogen-bond acceptors (Lipinski definition) is 5. The van der Waals surface area contributed by atoms with E-state index in [1.165, 1.54) is 18.7 Å². The summed E-state index contributed by atoms with van der Waals surface area (Å²) in [5.41, 5.74) is 0. The van der Waals surface area contributed by atoms with Crippen molar-refractivity contribution in [3.63, 3.8) is 0 Å². The second-order valence-electron chi connectivity index (χ2n) is 4.21. The molecule has 0 radical (unpaired) electrons. The van der Waals surface area contributed by atoms with Crippen LogP contribution in [0, 0.1) is 0 Å². The monoisotopic (exact) mass is 263 g/mol. The minimum atomic E-state index is -3.33. The standard InChI is InChI=1S/C9H17N3O4S/c1-7(2)8-10-16-9(13)12(8)5-6-17(14,15)11(3)4/h7H,5-6H2,1-4H3. The van der Waals surface area contributed by atoms with Gasteiger partial charge in [-0.2, -0.15) is 0 Å². The highest BCUT2D eigenvalue weighted by Gasteiger charge is 2.18. The second kappa shape index (κ2) is 5.01. The Hall–Kier alpha value is -1.15. The molecule has 1 aromatic rings. The summed E-state index contributed by atoms with van der Waals surface area (Å²) in [5.74, 6) is -0.309. The SMILES string of the molecule is CC(C)c1noc(=O)n1CCS(=O)(=O)N(C)C. The van der Waals surface area contributed by atoms with Crippen LogP contribution in [0.25, 0.3) is 0 Å². The van der Waals surface area contributed by atoms with E-state index in [0.29, 0.717) is 5.82 Å². The third-order valence-corrected chi connectivity index (χ3v) is 4.17. The largest absolute Gasteiger partial charge is 0.441 e. The van der Waals surface area contributed by atoms with Gasteiger partial charge in [0.2, 0.25) is 10.0 Å². The molecule has 0 aliphatic heterocycles. The van der Waals surface area contributed by atoms with Crippen molar-refractivity contribution in [3.8, 4) is 0 Å². The highest BCUT2D eigenvalue weighted by Crippen LogP contribution is 2.09. The van der Waals surface area contributed by atoms with Crippen LogP contribution < -0.4 is 5.76 Å². The molecule has 0 saturated heterocycles. The Labute approximate surface area is 100 Å². The normalized spacial score (nSPS) is 12.6. The molecule has 98 valence electrons. The molecular weight excluding hydrogens is 246 g/mol. The van der Waals surface area contributed by atoms with Gasteiger partial charge in [0.25, 0.3) is 0 Å². The lowest BCUT2D eigenvalue weighted by molar-refractivity contribution is 0.372. The van der Waals surface area contributed by atoms with Crippen molar-refractivity contribution in [3.05, 3.63) is 16.4 Å². The fraction of sp³-hybridized carbons (Fsp3) is 0.778. The number of sulfonamides is 1. The molecule has 1 aromatic heterocycles. The maximum absolute atomic E-state index is 11.6. The first kappa shape index (κ1) is 13.9. The second-order valence-corrected chi connectivity index (χ2v) is 6.51. The van der Waals surface area contributed by atoms with Crippen LogP contribution in [0.4, 0.5) is 0 Å². The number of rotatable bonds is 5. The van der Waals surface area contributed by atoms with E-state index in [-0.39, 0.29) is 18.2 Å². The summed E-state index contributed by atoms with van der Waals surface area (Å²) in [4.78, 5) is 11.4. The number of hydrogen-bond donors (Lipinski definition) is 0. The average Bonchev–Trinajstić information content (AvgIpc) is 2.56. The van der Waals surface area contributed by atoms with Crippen molar-refractivity contribution in [1.82, 2.24) is 14.0 Å². The van der Waals surface area contributed by atoms with Gasteiger partial charge in [0, 0.05) is 26.6 Å². The van der Waals surface area contributed by atoms with E-state index in [2.05, 4.69) is 9.68 Å². The predicted molar refractivity (Wildman–Crippen MR) is 62.3 cm³/mol. The Balaban J connectivity index is 2.90. The highest BCUT2D eigenvalue weighted by molar-refractivity contribution is 7.89. The van der Waals surface area contributed by atoms with E-state index in [0.717, 1.165) is 4.31 Å². The summed E-state index contributed by atoms with van der Waals surface area (Å²) in [5, 5.41) is 3.63. The van der Waals surface area contributed by atoms with Gasteiger partial charge in [-0.25, -0.2) is 17.5 Å². The molecule has 0 aliphatic rings. The van der Waals surface area contributed by atoms with Gasteiger partial charge in [-0.1, -0.05) is 19.0 Å². The van der Waals surface area contributed by atoms with Crippen LogP contribution in [0.5, 0.6) is 0 Å². The van der Waals surface area contributed by atoms with Crippen molar-refractivity contribution in [2.24, 2.45) is 0 Å². The molecule has 17 heavy (non-hydrogen) atoms. The molecule has 0 spiro atoms. The molecule has 1 heterocycles. The minimum Gasteiger partial charge on any atom is -0.296 e. The van der Waals surface area contributed by atoms with E-state index in [1.807, 2.05) is 13.8 Å². The first-order valence-electron chi connectivity index (χ1n) is 5.22. The molecule has 1 rings (SSSR count). The molecule has 8 heteroatoms. The highest BCUT2D eigenvalue weighted by atomic mass is 32.2. The average molecular weight is 263 g/mol. The summed E-state index contributed by atoms with van der Waals surface area (Å²) in [6.45, 7) is 3.76. The van der Waals surface area contributed by atoms with Crippen molar-refractivity contribution in [1.29, 1.82) is 0 Å². The van der Waals surface area contributed by atoms with Crippen molar-refractivity contribution < 1.29 is 12.9 Å². The fourth-order valence-corrected chi connectivity index (χ4v) is 2.07. The summed E-state index contributed by atoms with van der Waals surface area (Å²) in [6, 6.07) is 0. The third-order valence-electron chi connectivity index (χ3n) is 2.36. The zero-order valence-corrected chi connectivity index (χ0v) is 11.2. The Morgan fingerprint density at radius 2 is 2.00 bits per heavy atom. The smallest absolute Gasteiger partial charge is 0.296 e. The van der Waals surface area contributed by atoms with Crippen LogP contribution in [0.15, 0.2) is 9.32 Å². The summed E-state index contributed by atoms with van der Waals surface area (Å²) in [6.07, 6.45) is 0. The zero-order chi connectivity index (χ0) is 13.2. The van der Waals surface area contributed by atoms with Gasteiger partial charge in [-0.15, -0.1) is 0 Å². The fourth-order valence-electron chi connectivity index (χ4n) is 1.29. The van der Waals surface area contributed by atoms with Gasteiger partial charge in [-0.05, 0) is 0 Å². The molecule has 0 atom stereocenters. The minimum absolute atomic E-state index is 0.00325. The lowest BCUT2D eigenvalue weighted by atomic mass is 10.2. The van der Waals surface area contributed by atoms with E-state index in [9.17, 15) is 13.2 Å². The lowest BCUT2D eigenvalue weighted by Crippen LogP contribution is -2.30. The summed E-state index contributed by atoms with van der Waals surface area (Å²) >= 11 is 0. The Bertz CT molecular complexity index is 527. The molecule has 0 fully saturated rings. The Kier molecular flexibility index (Phi) is 4.10. The van der Waals surface area contributed by atoms with Gasteiger partial charge >= 0.3 is 5.76 Å². The van der Waals surface area contributed by atoms with Crippen LogP contribution in [-0.2, 0) is 16.6 Å². The first-order chi connectivity index (χ1) is 7.75. The topological polar surface area (TPSA) is 85.4 Å². The molecule has 7 nitrogen and oxygen atoms in total. The summed E-state index contributed by atoms with van der Waals surface area (Å²) in [7, 11) is -0.422. The van der Waals surface area contributed by atoms with E-state index in [4.69, 9.17) is 0 Å². The molecule has 0 saturated carbocycles. The zero-order valence-electron chi connectivity index (χ0n) is 10.4. The third kappa shape index (κ3) is 3.16. The van der Waals surface area contributed by atoms with Gasteiger partial charge in [0.15, 0.2) is 5.82 Å². The van der Waals surface area contributed by atoms with Crippen LogP contribution in [0.1, 0.15) is 25.6 Å². The number of aromatic nitrogens is 2. The maximum Gasteiger partial charge on any atom is 0.441 e. The van der Waals surface area contributed by atoms with Crippen LogP contribution in [-0.4, -0.2) is 42.3 Å². The molecule has 0 bridgehead atoms. The van der Waals surface area contributed by atoms with Gasteiger partial charge in [-0.3, -0.25) is 9.09 Å². The summed E-state index contributed by atoms with van der Waals surface area (Å²) < 4.78 is 30.1. The first-order valence-corrected chi connectivity index (χ1v) is 6.83. The molecule has 0 N–H and O–H groups in total. The molecule has 0 unspecified atom stereocenters. The van der Waals surface area contributed by atoms with Crippen molar-refractivity contribution in [2.45, 2.75) is 26.3 Å². The van der Waals surface area contributed by atoms with Crippen molar-refractivity contribution >= 4 is 10.0 Å². The molecule has 0 aliphatic carbocycles. The van der Waals surface area contributed by atoms with Gasteiger partial charge in [0.05, 0.1) is 5.75 Å². The lowest BCUT2D eigenvalue weighted by Gasteiger charge is -2.12. The van der Waals surface area contributed by atoms with Gasteiger partial charge in [0.1, 0.15) is 0 Å². The van der Waals surface area contributed by atoms with Crippen LogP contribution in [0.3, 0.4) is 0 Å². The Morgan fingerprint density at radius 1 is 1.41 bits per heavy atom. The maximum atomic E-state index is 11.6. The van der Waals surface area contributed by atoms with Crippen LogP contribution in [0.2, 0.25) is 0 Å². The van der Waals surface area contributed by atoms with E-state index in [1.54, 1.807) is 0 Å². The molecule has 0 amide bonds. The molecular formula is C9H17N3O4S.